The monoisotopic (exact) mass is 376 g/mol. The molecular formula is C21H20N4OS. The number of hydrogen-bond donors (Lipinski definition) is 0. The first-order chi connectivity index (χ1) is 13.3. The summed E-state index contributed by atoms with van der Waals surface area (Å²) in [5.41, 5.74) is 4.33. The third-order valence-corrected chi connectivity index (χ3v) is 5.03. The summed E-state index contributed by atoms with van der Waals surface area (Å²) in [5, 5.41) is 5.86. The highest BCUT2D eigenvalue weighted by Crippen LogP contribution is 2.35. The zero-order valence-electron chi connectivity index (χ0n) is 15.2. The number of rotatable bonds is 6. The van der Waals surface area contributed by atoms with Gasteiger partial charge in [-0.25, -0.2) is 4.98 Å². The summed E-state index contributed by atoms with van der Waals surface area (Å²) in [6.45, 7) is 0.690. The number of nitrogens with zero attached hydrogens (tertiary/aromatic N) is 4. The number of imidazole rings is 1. The molecule has 0 bridgehead atoms. The SMILES string of the molecule is COc1cccc(-c2c(-n3ccnc3)c(SC)nn2Cc2ccccc2)c1. The third kappa shape index (κ3) is 3.48. The van der Waals surface area contributed by atoms with Crippen LogP contribution in [0.3, 0.4) is 0 Å². The van der Waals surface area contributed by atoms with Crippen molar-refractivity contribution in [3.63, 3.8) is 0 Å². The minimum Gasteiger partial charge on any atom is -0.497 e. The number of hydrogen-bond acceptors (Lipinski definition) is 4. The number of methoxy groups -OCH3 is 1. The summed E-state index contributed by atoms with van der Waals surface area (Å²) >= 11 is 1.63. The first kappa shape index (κ1) is 17.4. The zero-order chi connectivity index (χ0) is 18.6. The number of thioether (sulfide) groups is 1. The fourth-order valence-electron chi connectivity index (χ4n) is 3.12. The van der Waals surface area contributed by atoms with E-state index in [0.29, 0.717) is 6.54 Å². The number of ether oxygens (including phenoxy) is 1. The van der Waals surface area contributed by atoms with Crippen LogP contribution in [0.5, 0.6) is 5.75 Å². The lowest BCUT2D eigenvalue weighted by molar-refractivity contribution is 0.415. The first-order valence-electron chi connectivity index (χ1n) is 8.61. The summed E-state index contributed by atoms with van der Waals surface area (Å²) in [4.78, 5) is 4.23. The molecule has 4 aromatic rings. The second-order valence-electron chi connectivity index (χ2n) is 6.05. The van der Waals surface area contributed by atoms with Gasteiger partial charge in [0.1, 0.15) is 16.5 Å². The summed E-state index contributed by atoms with van der Waals surface area (Å²) in [6, 6.07) is 18.5. The van der Waals surface area contributed by atoms with Crippen LogP contribution in [-0.4, -0.2) is 32.7 Å². The van der Waals surface area contributed by atoms with Gasteiger partial charge in [0, 0.05) is 18.0 Å². The summed E-state index contributed by atoms with van der Waals surface area (Å²) in [6.07, 6.45) is 7.60. The van der Waals surface area contributed by atoms with E-state index in [4.69, 9.17) is 9.84 Å². The summed E-state index contributed by atoms with van der Waals surface area (Å²) < 4.78 is 9.53. The molecule has 0 atom stereocenters. The van der Waals surface area contributed by atoms with E-state index in [1.807, 2.05) is 47.6 Å². The lowest BCUT2D eigenvalue weighted by Crippen LogP contribution is -2.05. The molecule has 2 aromatic carbocycles. The maximum absolute atomic E-state index is 5.44. The molecule has 0 unspecified atom stereocenters. The molecule has 0 amide bonds. The maximum Gasteiger partial charge on any atom is 0.143 e. The highest BCUT2D eigenvalue weighted by atomic mass is 32.2. The molecule has 0 spiro atoms. The van der Waals surface area contributed by atoms with Crippen molar-refractivity contribution in [1.82, 2.24) is 19.3 Å². The molecule has 2 aromatic heterocycles. The molecule has 136 valence electrons. The summed E-state index contributed by atoms with van der Waals surface area (Å²) in [5.74, 6) is 0.822. The van der Waals surface area contributed by atoms with Crippen LogP contribution in [0.25, 0.3) is 16.9 Å². The smallest absolute Gasteiger partial charge is 0.143 e. The van der Waals surface area contributed by atoms with Gasteiger partial charge >= 0.3 is 0 Å². The van der Waals surface area contributed by atoms with Crippen molar-refractivity contribution in [1.29, 1.82) is 0 Å². The first-order valence-corrected chi connectivity index (χ1v) is 9.84. The molecule has 0 aliphatic carbocycles. The fourth-order valence-corrected chi connectivity index (χ4v) is 3.69. The Morgan fingerprint density at radius 2 is 1.93 bits per heavy atom. The van der Waals surface area contributed by atoms with Crippen LogP contribution in [0.15, 0.2) is 78.3 Å². The number of aromatic nitrogens is 4. The molecule has 0 saturated heterocycles. The van der Waals surface area contributed by atoms with Crippen LogP contribution in [-0.2, 0) is 6.54 Å². The van der Waals surface area contributed by atoms with E-state index in [2.05, 4.69) is 40.0 Å². The quantitative estimate of drug-likeness (QED) is 0.464. The van der Waals surface area contributed by atoms with E-state index < -0.39 is 0 Å². The molecule has 5 nitrogen and oxygen atoms in total. The molecule has 27 heavy (non-hydrogen) atoms. The molecule has 0 N–H and O–H groups in total. The van der Waals surface area contributed by atoms with Crippen LogP contribution >= 0.6 is 11.8 Å². The molecule has 0 fully saturated rings. The second-order valence-corrected chi connectivity index (χ2v) is 6.85. The lowest BCUT2D eigenvalue weighted by Gasteiger charge is -2.12. The van der Waals surface area contributed by atoms with Crippen LogP contribution in [0, 0.1) is 0 Å². The van der Waals surface area contributed by atoms with Crippen molar-refractivity contribution < 1.29 is 4.74 Å². The normalized spacial score (nSPS) is 10.9. The topological polar surface area (TPSA) is 44.9 Å². The predicted molar refractivity (Wildman–Crippen MR) is 109 cm³/mol. The van der Waals surface area contributed by atoms with E-state index in [1.54, 1.807) is 25.1 Å². The van der Waals surface area contributed by atoms with Gasteiger partial charge in [-0.15, -0.1) is 11.8 Å². The van der Waals surface area contributed by atoms with Crippen molar-refractivity contribution in [3.8, 4) is 22.7 Å². The molecule has 0 aliphatic heterocycles. The third-order valence-electron chi connectivity index (χ3n) is 4.37. The highest BCUT2D eigenvalue weighted by Gasteiger charge is 2.21. The van der Waals surface area contributed by atoms with E-state index in [0.717, 1.165) is 27.7 Å². The molecule has 0 saturated carbocycles. The fraction of sp³-hybridized carbons (Fsp3) is 0.143. The van der Waals surface area contributed by atoms with Crippen LogP contribution in [0.2, 0.25) is 0 Å². The Labute approximate surface area is 162 Å². The standard InChI is InChI=1S/C21H20N4OS/c1-26-18-10-6-9-17(13-18)19-20(24-12-11-22-15-24)21(27-2)23-25(19)14-16-7-4-3-5-8-16/h3-13,15H,14H2,1-2H3. The van der Waals surface area contributed by atoms with Gasteiger partial charge in [-0.3, -0.25) is 4.68 Å². The van der Waals surface area contributed by atoms with Crippen molar-refractivity contribution in [2.75, 3.05) is 13.4 Å². The Kier molecular flexibility index (Phi) is 4.98. The lowest BCUT2D eigenvalue weighted by atomic mass is 10.1. The van der Waals surface area contributed by atoms with E-state index in [9.17, 15) is 0 Å². The van der Waals surface area contributed by atoms with Crippen LogP contribution in [0.1, 0.15) is 5.56 Å². The summed E-state index contributed by atoms with van der Waals surface area (Å²) in [7, 11) is 1.69. The molecular weight excluding hydrogens is 356 g/mol. The van der Waals surface area contributed by atoms with E-state index >= 15 is 0 Å². The highest BCUT2D eigenvalue weighted by molar-refractivity contribution is 7.98. The molecule has 6 heteroatoms. The van der Waals surface area contributed by atoms with Gasteiger partial charge in [-0.1, -0.05) is 42.5 Å². The Bertz CT molecular complexity index is 1030. The van der Waals surface area contributed by atoms with Gasteiger partial charge < -0.3 is 9.30 Å². The molecule has 2 heterocycles. The van der Waals surface area contributed by atoms with Gasteiger partial charge in [0.15, 0.2) is 0 Å². The van der Waals surface area contributed by atoms with Gasteiger partial charge in [0.05, 0.1) is 25.7 Å². The van der Waals surface area contributed by atoms with Crippen molar-refractivity contribution >= 4 is 11.8 Å². The molecule has 0 radical (unpaired) electrons. The van der Waals surface area contributed by atoms with Crippen LogP contribution < -0.4 is 4.74 Å². The van der Waals surface area contributed by atoms with Gasteiger partial charge in [0.25, 0.3) is 0 Å². The van der Waals surface area contributed by atoms with Gasteiger partial charge in [-0.2, -0.15) is 5.10 Å². The average Bonchev–Trinajstić information content (AvgIpc) is 3.36. The Hall–Kier alpha value is -2.99. The Morgan fingerprint density at radius 1 is 1.07 bits per heavy atom. The van der Waals surface area contributed by atoms with Crippen molar-refractivity contribution in [2.45, 2.75) is 11.6 Å². The average molecular weight is 376 g/mol. The Balaban J connectivity index is 1.93. The molecule has 4 rings (SSSR count). The van der Waals surface area contributed by atoms with Crippen molar-refractivity contribution in [2.24, 2.45) is 0 Å². The zero-order valence-corrected chi connectivity index (χ0v) is 16.1. The number of benzene rings is 2. The van der Waals surface area contributed by atoms with Crippen LogP contribution in [0.4, 0.5) is 0 Å². The second kappa shape index (κ2) is 7.72. The van der Waals surface area contributed by atoms with E-state index in [-0.39, 0.29) is 0 Å². The maximum atomic E-state index is 5.44. The van der Waals surface area contributed by atoms with Gasteiger partial charge in [0.2, 0.25) is 0 Å². The largest absolute Gasteiger partial charge is 0.497 e. The Morgan fingerprint density at radius 3 is 2.63 bits per heavy atom. The van der Waals surface area contributed by atoms with Gasteiger partial charge in [-0.05, 0) is 24.0 Å². The van der Waals surface area contributed by atoms with Crippen molar-refractivity contribution in [3.05, 3.63) is 78.9 Å². The minimum absolute atomic E-state index is 0.690. The minimum atomic E-state index is 0.690. The molecule has 0 aliphatic rings. The van der Waals surface area contributed by atoms with E-state index in [1.165, 1.54) is 5.56 Å². The predicted octanol–water partition coefficient (Wildman–Crippen LogP) is 4.51.